The number of anilines is 1. The number of Topliss-reactive ketones (excluding diaryl/α,β-unsaturated/α-hetero) is 1. The minimum Gasteiger partial charge on any atom is -0.382 e. The minimum atomic E-state index is -0.0884. The van der Waals surface area contributed by atoms with Crippen LogP contribution in [0.15, 0.2) is 24.3 Å². The van der Waals surface area contributed by atoms with Crippen LogP contribution >= 0.6 is 0 Å². The number of para-hydroxylation sites is 1. The molecular formula is C32H51N7O3. The number of hydrogen-bond acceptors (Lipinski definition) is 8. The molecule has 0 aliphatic carbocycles. The predicted octanol–water partition coefficient (Wildman–Crippen LogP) is 4.14. The third kappa shape index (κ3) is 10.3. The normalized spacial score (nSPS) is 12.3. The van der Waals surface area contributed by atoms with Crippen molar-refractivity contribution in [3.05, 3.63) is 30.1 Å². The lowest BCUT2D eigenvalue weighted by atomic mass is 10.1. The van der Waals surface area contributed by atoms with E-state index in [9.17, 15) is 9.59 Å². The summed E-state index contributed by atoms with van der Waals surface area (Å²) in [4.78, 5) is 32.9. The fourth-order valence-electron chi connectivity index (χ4n) is 5.22. The molecule has 1 amide bonds. The number of carbonyl (C=O) groups excluding carboxylic acids is 2. The lowest BCUT2D eigenvalue weighted by molar-refractivity contribution is -0.122. The standard InChI is InChI=1S/C32H51N7O3/c1-4-5-16-28-38-30-31(25-13-6-7-15-27(25)37-32(30)33)39(28)21-11-10-18-35-19-12-22-42-23-17-29(41)36-20-9-8-14-26(34-3)24(2)40/h6-7,13,15,26,34-35H,4-5,8-12,14,16-23H2,1-3H3,(H2,33,37)(H,36,41). The molecule has 0 fully saturated rings. The zero-order chi connectivity index (χ0) is 30.2. The number of nitrogens with one attached hydrogen (secondary N) is 3. The molecule has 1 atom stereocenters. The number of imidazole rings is 1. The third-order valence-electron chi connectivity index (χ3n) is 7.63. The van der Waals surface area contributed by atoms with Crippen LogP contribution in [0.1, 0.15) is 77.5 Å². The Morgan fingerprint density at radius 2 is 1.79 bits per heavy atom. The molecule has 1 aromatic carbocycles. The number of hydrogen-bond donors (Lipinski definition) is 4. The first-order valence-electron chi connectivity index (χ1n) is 15.7. The summed E-state index contributed by atoms with van der Waals surface area (Å²) in [6.45, 7) is 8.27. The fraction of sp³-hybridized carbons (Fsp3) is 0.625. The van der Waals surface area contributed by atoms with E-state index < -0.39 is 0 Å². The molecule has 0 aliphatic heterocycles. The van der Waals surface area contributed by atoms with Crippen molar-refractivity contribution in [3.8, 4) is 0 Å². The number of aromatic nitrogens is 3. The summed E-state index contributed by atoms with van der Waals surface area (Å²) in [5.41, 5.74) is 9.15. The van der Waals surface area contributed by atoms with Gasteiger partial charge in [-0.3, -0.25) is 9.59 Å². The summed E-state index contributed by atoms with van der Waals surface area (Å²) in [6, 6.07) is 8.08. The van der Waals surface area contributed by atoms with Gasteiger partial charge in [-0.15, -0.1) is 0 Å². The number of rotatable bonds is 22. The van der Waals surface area contributed by atoms with E-state index >= 15 is 0 Å². The van der Waals surface area contributed by atoms with Crippen molar-refractivity contribution in [2.24, 2.45) is 0 Å². The Balaban J connectivity index is 1.27. The Kier molecular flexibility index (Phi) is 14.7. The number of fused-ring (bicyclic) bond motifs is 3. The summed E-state index contributed by atoms with van der Waals surface area (Å²) in [5.74, 6) is 1.77. The van der Waals surface area contributed by atoms with Gasteiger partial charge in [0.05, 0.1) is 23.7 Å². The molecule has 42 heavy (non-hydrogen) atoms. The van der Waals surface area contributed by atoms with Crippen molar-refractivity contribution in [3.63, 3.8) is 0 Å². The van der Waals surface area contributed by atoms with Gasteiger partial charge in [-0.05, 0) is 78.1 Å². The van der Waals surface area contributed by atoms with Crippen LogP contribution in [0.25, 0.3) is 21.9 Å². The van der Waals surface area contributed by atoms with E-state index in [0.717, 1.165) is 105 Å². The molecule has 3 aromatic rings. The third-order valence-corrected chi connectivity index (χ3v) is 7.63. The maximum absolute atomic E-state index is 12.0. The molecule has 10 nitrogen and oxygen atoms in total. The molecular weight excluding hydrogens is 530 g/mol. The first-order chi connectivity index (χ1) is 20.5. The van der Waals surface area contributed by atoms with Crippen LogP contribution in [-0.4, -0.2) is 72.2 Å². The maximum atomic E-state index is 12.0. The molecule has 5 N–H and O–H groups in total. The quantitative estimate of drug-likeness (QED) is 0.130. The lowest BCUT2D eigenvalue weighted by Crippen LogP contribution is -2.32. The van der Waals surface area contributed by atoms with Gasteiger partial charge in [0.15, 0.2) is 5.82 Å². The van der Waals surface area contributed by atoms with Gasteiger partial charge < -0.3 is 31.0 Å². The van der Waals surface area contributed by atoms with Crippen LogP contribution in [-0.2, 0) is 27.3 Å². The maximum Gasteiger partial charge on any atom is 0.222 e. The number of ketones is 1. The van der Waals surface area contributed by atoms with Gasteiger partial charge in [0.25, 0.3) is 0 Å². The number of nitrogens with two attached hydrogens (primary N) is 1. The number of nitrogen functional groups attached to an aromatic ring is 1. The smallest absolute Gasteiger partial charge is 0.222 e. The van der Waals surface area contributed by atoms with E-state index in [0.29, 0.717) is 32.0 Å². The molecule has 232 valence electrons. The van der Waals surface area contributed by atoms with E-state index in [4.69, 9.17) is 15.5 Å². The molecule has 10 heteroatoms. The summed E-state index contributed by atoms with van der Waals surface area (Å²) in [5, 5.41) is 10.6. The number of pyridine rings is 1. The second-order valence-corrected chi connectivity index (χ2v) is 11.0. The number of amides is 1. The van der Waals surface area contributed by atoms with Crippen LogP contribution < -0.4 is 21.7 Å². The Hall–Kier alpha value is -3.08. The van der Waals surface area contributed by atoms with Crippen LogP contribution in [0, 0.1) is 0 Å². The molecule has 2 aromatic heterocycles. The highest BCUT2D eigenvalue weighted by molar-refractivity contribution is 6.06. The topological polar surface area (TPSA) is 136 Å². The molecule has 0 aliphatic rings. The Bertz CT molecular complexity index is 1260. The van der Waals surface area contributed by atoms with Gasteiger partial charge in [0.1, 0.15) is 17.1 Å². The SMILES string of the molecule is CCCCc1nc2c(N)nc3ccccc3c2n1CCCCNCCCOCCC(=O)NCCCCC(NC)C(C)=O. The van der Waals surface area contributed by atoms with Crippen LogP contribution in [0.3, 0.4) is 0 Å². The van der Waals surface area contributed by atoms with Gasteiger partial charge in [0.2, 0.25) is 5.91 Å². The van der Waals surface area contributed by atoms with E-state index in [-0.39, 0.29) is 17.7 Å². The number of benzene rings is 1. The molecule has 0 spiro atoms. The molecule has 0 saturated heterocycles. The van der Waals surface area contributed by atoms with Gasteiger partial charge in [-0.1, -0.05) is 31.5 Å². The van der Waals surface area contributed by atoms with Gasteiger partial charge in [-0.25, -0.2) is 9.97 Å². The Morgan fingerprint density at radius 3 is 2.57 bits per heavy atom. The number of ether oxygens (including phenoxy) is 1. The monoisotopic (exact) mass is 581 g/mol. The summed E-state index contributed by atoms with van der Waals surface area (Å²) in [6.07, 6.45) is 9.14. The second kappa shape index (κ2) is 18.5. The van der Waals surface area contributed by atoms with Crippen molar-refractivity contribution in [2.45, 2.75) is 90.6 Å². The van der Waals surface area contributed by atoms with Crippen molar-refractivity contribution in [1.29, 1.82) is 0 Å². The highest BCUT2D eigenvalue weighted by Gasteiger charge is 2.17. The zero-order valence-corrected chi connectivity index (χ0v) is 25.8. The number of aryl methyl sites for hydroxylation is 2. The number of nitrogens with zero attached hydrogens (tertiary/aromatic N) is 3. The van der Waals surface area contributed by atoms with E-state index in [1.54, 1.807) is 14.0 Å². The van der Waals surface area contributed by atoms with Crippen molar-refractivity contribution in [1.82, 2.24) is 30.5 Å². The number of unbranched alkanes of at least 4 members (excludes halogenated alkanes) is 3. The Labute approximate surface area is 250 Å². The summed E-state index contributed by atoms with van der Waals surface area (Å²) < 4.78 is 8.00. The number of likely N-dealkylation sites (N-methyl/N-ethyl adjacent to an activating group) is 1. The highest BCUT2D eigenvalue weighted by atomic mass is 16.5. The lowest BCUT2D eigenvalue weighted by Gasteiger charge is -2.12. The second-order valence-electron chi connectivity index (χ2n) is 11.0. The van der Waals surface area contributed by atoms with Gasteiger partial charge >= 0.3 is 0 Å². The molecule has 0 radical (unpaired) electrons. The number of carbonyl (C=O) groups is 2. The van der Waals surface area contributed by atoms with Crippen LogP contribution in [0.2, 0.25) is 0 Å². The first-order valence-corrected chi connectivity index (χ1v) is 15.7. The fourth-order valence-corrected chi connectivity index (χ4v) is 5.22. The van der Waals surface area contributed by atoms with Crippen molar-refractivity contribution in [2.75, 3.05) is 45.6 Å². The minimum absolute atomic E-state index is 0.0142. The van der Waals surface area contributed by atoms with E-state index in [1.807, 2.05) is 18.2 Å². The van der Waals surface area contributed by atoms with Gasteiger partial charge in [-0.2, -0.15) is 0 Å². The average molecular weight is 582 g/mol. The molecule has 1 unspecified atom stereocenters. The molecule has 2 heterocycles. The van der Waals surface area contributed by atoms with Gasteiger partial charge in [0, 0.05) is 37.9 Å². The summed E-state index contributed by atoms with van der Waals surface area (Å²) in [7, 11) is 1.80. The van der Waals surface area contributed by atoms with Crippen LogP contribution in [0.5, 0.6) is 0 Å². The van der Waals surface area contributed by atoms with Crippen LogP contribution in [0.4, 0.5) is 5.82 Å². The predicted molar refractivity (Wildman–Crippen MR) is 171 cm³/mol. The van der Waals surface area contributed by atoms with E-state index in [2.05, 4.69) is 38.5 Å². The molecule has 3 rings (SSSR count). The van der Waals surface area contributed by atoms with Crippen molar-refractivity contribution >= 4 is 39.4 Å². The molecule has 0 saturated carbocycles. The average Bonchev–Trinajstić information content (AvgIpc) is 3.35. The van der Waals surface area contributed by atoms with E-state index in [1.165, 1.54) is 0 Å². The largest absolute Gasteiger partial charge is 0.382 e. The highest BCUT2D eigenvalue weighted by Crippen LogP contribution is 2.29. The first kappa shape index (κ1) is 33.4. The molecule has 0 bridgehead atoms. The zero-order valence-electron chi connectivity index (χ0n) is 25.8. The Morgan fingerprint density at radius 1 is 1.00 bits per heavy atom. The van der Waals surface area contributed by atoms with Crippen molar-refractivity contribution < 1.29 is 14.3 Å². The summed E-state index contributed by atoms with van der Waals surface area (Å²) >= 11 is 0.